The van der Waals surface area contributed by atoms with Gasteiger partial charge in [-0.2, -0.15) is 0 Å². The van der Waals surface area contributed by atoms with Gasteiger partial charge in [-0.15, -0.1) is 0 Å². The number of β-amino-alcohol motifs (C(OH)–C–C–N with tert-alkyl or cyclic N) is 1. The van der Waals surface area contributed by atoms with Crippen LogP contribution in [0.25, 0.3) is 0 Å². The summed E-state index contributed by atoms with van der Waals surface area (Å²) in [6, 6.07) is 0.0471. The summed E-state index contributed by atoms with van der Waals surface area (Å²) in [4.78, 5) is 17.5. The fourth-order valence-electron chi connectivity index (χ4n) is 2.53. The van der Waals surface area contributed by atoms with Crippen molar-refractivity contribution in [1.82, 2.24) is 14.5 Å². The molecule has 0 bridgehead atoms. The Morgan fingerprint density at radius 2 is 2.45 bits per heavy atom. The van der Waals surface area contributed by atoms with Crippen molar-refractivity contribution in [3.8, 4) is 0 Å². The van der Waals surface area contributed by atoms with E-state index in [0.717, 1.165) is 19.4 Å². The maximum absolute atomic E-state index is 11.9. The number of aryl methyl sites for hydroxylation is 1. The van der Waals surface area contributed by atoms with Crippen molar-refractivity contribution in [2.75, 3.05) is 13.2 Å². The molecule has 0 unspecified atom stereocenters. The first-order chi connectivity index (χ1) is 9.70. The molecule has 6 heteroatoms. The molecule has 2 rings (SSSR count). The van der Waals surface area contributed by atoms with E-state index in [4.69, 9.17) is 4.74 Å². The molecule has 20 heavy (non-hydrogen) atoms. The van der Waals surface area contributed by atoms with Crippen LogP contribution in [0.1, 0.15) is 19.3 Å². The van der Waals surface area contributed by atoms with Crippen LogP contribution in [0.15, 0.2) is 31.4 Å². The number of aromatic nitrogens is 2. The molecule has 1 aliphatic rings. The highest BCUT2D eigenvalue weighted by atomic mass is 16.6. The molecular weight excluding hydrogens is 258 g/mol. The van der Waals surface area contributed by atoms with Crippen LogP contribution in [0.4, 0.5) is 4.79 Å². The summed E-state index contributed by atoms with van der Waals surface area (Å²) in [5.41, 5.74) is 0. The summed E-state index contributed by atoms with van der Waals surface area (Å²) >= 11 is 0. The van der Waals surface area contributed by atoms with E-state index in [1.807, 2.05) is 10.8 Å². The minimum Gasteiger partial charge on any atom is -0.445 e. The molecule has 0 saturated carbocycles. The fourth-order valence-corrected chi connectivity index (χ4v) is 2.53. The van der Waals surface area contributed by atoms with E-state index in [-0.39, 0.29) is 18.7 Å². The highest BCUT2D eigenvalue weighted by molar-refractivity contribution is 5.68. The first-order valence-corrected chi connectivity index (χ1v) is 6.89. The Kier molecular flexibility index (Phi) is 5.17. The van der Waals surface area contributed by atoms with Crippen LogP contribution in [-0.4, -0.2) is 50.9 Å². The van der Waals surface area contributed by atoms with Gasteiger partial charge < -0.3 is 19.3 Å². The molecule has 110 valence electrons. The molecule has 0 radical (unpaired) electrons. The Morgan fingerprint density at radius 3 is 3.15 bits per heavy atom. The zero-order chi connectivity index (χ0) is 14.4. The van der Waals surface area contributed by atoms with Crippen molar-refractivity contribution in [3.05, 3.63) is 31.4 Å². The van der Waals surface area contributed by atoms with Gasteiger partial charge >= 0.3 is 6.09 Å². The third-order valence-electron chi connectivity index (χ3n) is 3.46. The number of amides is 1. The maximum atomic E-state index is 11.9. The van der Waals surface area contributed by atoms with Crippen molar-refractivity contribution in [1.29, 1.82) is 0 Å². The molecule has 0 spiro atoms. The van der Waals surface area contributed by atoms with Crippen molar-refractivity contribution in [2.45, 2.75) is 38.0 Å². The van der Waals surface area contributed by atoms with Gasteiger partial charge in [0.05, 0.1) is 19.0 Å². The predicted octanol–water partition coefficient (Wildman–Crippen LogP) is 1.42. The molecular formula is C14H21N3O3. The highest BCUT2D eigenvalue weighted by Gasteiger charge is 2.34. The van der Waals surface area contributed by atoms with Crippen LogP contribution in [-0.2, 0) is 11.3 Å². The zero-order valence-corrected chi connectivity index (χ0v) is 11.5. The predicted molar refractivity (Wildman–Crippen MR) is 74.1 cm³/mol. The molecule has 1 aromatic rings. The first-order valence-electron chi connectivity index (χ1n) is 6.89. The van der Waals surface area contributed by atoms with Crippen LogP contribution >= 0.6 is 0 Å². The smallest absolute Gasteiger partial charge is 0.410 e. The summed E-state index contributed by atoms with van der Waals surface area (Å²) in [7, 11) is 0. The summed E-state index contributed by atoms with van der Waals surface area (Å²) in [6.45, 7) is 4.94. The topological polar surface area (TPSA) is 67.6 Å². The molecule has 2 heterocycles. The zero-order valence-electron chi connectivity index (χ0n) is 11.5. The van der Waals surface area contributed by atoms with Gasteiger partial charge in [0.2, 0.25) is 0 Å². The SMILES string of the molecule is C=CCOC(=O)N1C[C@H](O)C[C@H]1CCCn1ccnc1. The molecule has 1 amide bonds. The van der Waals surface area contributed by atoms with Gasteiger partial charge in [-0.05, 0) is 19.3 Å². The monoisotopic (exact) mass is 279 g/mol. The van der Waals surface area contributed by atoms with Crippen molar-refractivity contribution < 1.29 is 14.6 Å². The number of hydrogen-bond donors (Lipinski definition) is 1. The number of carbonyl (C=O) groups is 1. The summed E-state index contributed by atoms with van der Waals surface area (Å²) in [5, 5.41) is 9.74. The van der Waals surface area contributed by atoms with Crippen molar-refractivity contribution in [2.24, 2.45) is 0 Å². The third kappa shape index (κ3) is 3.84. The first kappa shape index (κ1) is 14.6. The van der Waals surface area contributed by atoms with Gasteiger partial charge in [-0.1, -0.05) is 12.7 Å². The lowest BCUT2D eigenvalue weighted by atomic mass is 10.1. The van der Waals surface area contributed by atoms with Crippen LogP contribution in [0.5, 0.6) is 0 Å². The Labute approximate surface area is 118 Å². The quantitative estimate of drug-likeness (QED) is 0.800. The number of likely N-dealkylation sites (tertiary alicyclic amines) is 1. The Balaban J connectivity index is 1.81. The number of ether oxygens (including phenoxy) is 1. The molecule has 0 aliphatic carbocycles. The number of imidazole rings is 1. The van der Waals surface area contributed by atoms with E-state index >= 15 is 0 Å². The summed E-state index contributed by atoms with van der Waals surface area (Å²) in [5.74, 6) is 0. The van der Waals surface area contributed by atoms with Crippen LogP contribution in [0.3, 0.4) is 0 Å². The van der Waals surface area contributed by atoms with E-state index < -0.39 is 6.10 Å². The number of rotatable bonds is 6. The van der Waals surface area contributed by atoms with Gasteiger partial charge in [0.25, 0.3) is 0 Å². The van der Waals surface area contributed by atoms with Gasteiger partial charge in [0.1, 0.15) is 6.61 Å². The number of aliphatic hydroxyl groups is 1. The lowest BCUT2D eigenvalue weighted by Gasteiger charge is -2.23. The van der Waals surface area contributed by atoms with E-state index in [0.29, 0.717) is 13.0 Å². The van der Waals surface area contributed by atoms with Gasteiger partial charge in [0.15, 0.2) is 0 Å². The average Bonchev–Trinajstić information content (AvgIpc) is 3.06. The summed E-state index contributed by atoms with van der Waals surface area (Å²) in [6.07, 6.45) is 8.55. The average molecular weight is 279 g/mol. The molecule has 1 N–H and O–H groups in total. The van der Waals surface area contributed by atoms with Crippen molar-refractivity contribution in [3.63, 3.8) is 0 Å². The minimum atomic E-state index is -0.454. The number of hydrogen-bond acceptors (Lipinski definition) is 4. The van der Waals surface area contributed by atoms with Crippen molar-refractivity contribution >= 4 is 6.09 Å². The minimum absolute atomic E-state index is 0.0471. The van der Waals surface area contributed by atoms with E-state index in [9.17, 15) is 9.90 Å². The Morgan fingerprint density at radius 1 is 1.60 bits per heavy atom. The maximum Gasteiger partial charge on any atom is 0.410 e. The van der Waals surface area contributed by atoms with Crippen LogP contribution < -0.4 is 0 Å². The van der Waals surface area contributed by atoms with E-state index in [1.54, 1.807) is 23.5 Å². The number of carbonyl (C=O) groups excluding carboxylic acids is 1. The normalized spacial score (nSPS) is 21.9. The molecule has 6 nitrogen and oxygen atoms in total. The lowest BCUT2D eigenvalue weighted by molar-refractivity contribution is 0.101. The Hall–Kier alpha value is -1.82. The second-order valence-corrected chi connectivity index (χ2v) is 5.00. The fraction of sp³-hybridized carbons (Fsp3) is 0.571. The largest absolute Gasteiger partial charge is 0.445 e. The van der Waals surface area contributed by atoms with E-state index in [2.05, 4.69) is 11.6 Å². The summed E-state index contributed by atoms with van der Waals surface area (Å²) < 4.78 is 7.05. The van der Waals surface area contributed by atoms with E-state index in [1.165, 1.54) is 0 Å². The van der Waals surface area contributed by atoms with Gasteiger partial charge in [-0.25, -0.2) is 9.78 Å². The van der Waals surface area contributed by atoms with Gasteiger partial charge in [-0.3, -0.25) is 0 Å². The molecule has 1 aromatic heterocycles. The second kappa shape index (κ2) is 7.09. The van der Waals surface area contributed by atoms with Crippen LogP contribution in [0.2, 0.25) is 0 Å². The molecule has 0 aromatic carbocycles. The number of nitrogens with zero attached hydrogens (tertiary/aromatic N) is 3. The van der Waals surface area contributed by atoms with Crippen LogP contribution in [0, 0.1) is 0 Å². The molecule has 1 fully saturated rings. The molecule has 2 atom stereocenters. The molecule has 1 aliphatic heterocycles. The third-order valence-corrected chi connectivity index (χ3v) is 3.46. The number of aliphatic hydroxyl groups excluding tert-OH is 1. The molecule has 1 saturated heterocycles. The lowest BCUT2D eigenvalue weighted by Crippen LogP contribution is -2.36. The standard InChI is InChI=1S/C14H21N3O3/c1-2-8-20-14(19)17-10-13(18)9-12(17)4-3-6-16-7-5-15-11-16/h2,5,7,11-13,18H,1,3-4,6,8-10H2/t12-,13-/m1/s1. The second-order valence-electron chi connectivity index (χ2n) is 5.00. The Bertz CT molecular complexity index is 433. The highest BCUT2D eigenvalue weighted by Crippen LogP contribution is 2.23. The van der Waals surface area contributed by atoms with Gasteiger partial charge in [0, 0.05) is 25.0 Å².